The van der Waals surface area contributed by atoms with Crippen molar-refractivity contribution in [3.63, 3.8) is 0 Å². The first kappa shape index (κ1) is 15.8. The molecule has 1 unspecified atom stereocenters. The van der Waals surface area contributed by atoms with Gasteiger partial charge in [0.05, 0.1) is 0 Å². The molecule has 0 fully saturated rings. The van der Waals surface area contributed by atoms with Crippen molar-refractivity contribution in [2.45, 2.75) is 13.2 Å². The number of carbonyl (C=O) groups is 1. The van der Waals surface area contributed by atoms with Crippen LogP contribution in [-0.2, 0) is 9.53 Å². The van der Waals surface area contributed by atoms with Gasteiger partial charge in [0.2, 0.25) is 18.0 Å². The molecule has 5 heteroatoms. The summed E-state index contributed by atoms with van der Waals surface area (Å²) in [5.74, 6) is 0.276. The molecule has 1 aliphatic rings. The molecule has 25 heavy (non-hydrogen) atoms. The molecule has 0 aromatic heterocycles. The molecule has 0 bridgehead atoms. The van der Waals surface area contributed by atoms with Crippen LogP contribution in [0.4, 0.5) is 0 Å². The Kier molecular flexibility index (Phi) is 4.01. The van der Waals surface area contributed by atoms with Crippen LogP contribution in [0.25, 0.3) is 10.8 Å². The molecule has 0 spiro atoms. The molecular weight excluding hydrogens is 380 g/mol. The van der Waals surface area contributed by atoms with Crippen molar-refractivity contribution in [3.05, 3.63) is 82.3 Å². The van der Waals surface area contributed by atoms with E-state index in [1.54, 1.807) is 0 Å². The number of hydrogen-bond donors (Lipinski definition) is 0. The number of benzene rings is 3. The van der Waals surface area contributed by atoms with Crippen LogP contribution in [0.15, 0.2) is 76.3 Å². The maximum atomic E-state index is 12.1. The number of rotatable bonds is 2. The van der Waals surface area contributed by atoms with Crippen LogP contribution < -0.4 is 0 Å². The molecular formula is C20H15BrN2O2. The van der Waals surface area contributed by atoms with Gasteiger partial charge in [-0.3, -0.25) is 4.79 Å². The maximum Gasteiger partial charge on any atom is 0.243 e. The summed E-state index contributed by atoms with van der Waals surface area (Å²) in [7, 11) is 0. The van der Waals surface area contributed by atoms with Crippen LogP contribution in [0, 0.1) is 0 Å². The summed E-state index contributed by atoms with van der Waals surface area (Å²) in [4.78, 5) is 12.1. The molecule has 0 saturated heterocycles. The summed E-state index contributed by atoms with van der Waals surface area (Å²) in [6.45, 7) is 1.49. The Bertz CT molecular complexity index is 1000. The quantitative estimate of drug-likeness (QED) is 0.623. The van der Waals surface area contributed by atoms with E-state index in [0.29, 0.717) is 5.90 Å². The third-order valence-electron chi connectivity index (χ3n) is 4.10. The fraction of sp³-hybridized carbons (Fsp3) is 0.100. The summed E-state index contributed by atoms with van der Waals surface area (Å²) in [5, 5.41) is 8.03. The van der Waals surface area contributed by atoms with Crippen LogP contribution >= 0.6 is 15.9 Å². The van der Waals surface area contributed by atoms with Gasteiger partial charge in [0.15, 0.2) is 0 Å². The van der Waals surface area contributed by atoms with Crippen LogP contribution in [-0.4, -0.2) is 16.8 Å². The van der Waals surface area contributed by atoms with E-state index in [-0.39, 0.29) is 5.91 Å². The lowest BCUT2D eigenvalue weighted by molar-refractivity contribution is -0.135. The maximum absolute atomic E-state index is 12.1. The number of hydrazone groups is 1. The van der Waals surface area contributed by atoms with Gasteiger partial charge in [-0.05, 0) is 35.0 Å². The number of carbonyl (C=O) groups excluding carboxylic acids is 1. The highest BCUT2D eigenvalue weighted by molar-refractivity contribution is 9.10. The Morgan fingerprint density at radius 3 is 2.60 bits per heavy atom. The van der Waals surface area contributed by atoms with Crippen molar-refractivity contribution in [3.8, 4) is 0 Å². The zero-order valence-electron chi connectivity index (χ0n) is 13.5. The van der Waals surface area contributed by atoms with Gasteiger partial charge in [-0.2, -0.15) is 5.01 Å². The van der Waals surface area contributed by atoms with Crippen LogP contribution in [0.2, 0.25) is 0 Å². The van der Waals surface area contributed by atoms with Gasteiger partial charge in [0.1, 0.15) is 0 Å². The van der Waals surface area contributed by atoms with Gasteiger partial charge >= 0.3 is 0 Å². The van der Waals surface area contributed by atoms with Crippen molar-refractivity contribution < 1.29 is 9.53 Å². The number of hydrogen-bond acceptors (Lipinski definition) is 3. The van der Waals surface area contributed by atoms with E-state index in [0.717, 1.165) is 26.4 Å². The highest BCUT2D eigenvalue weighted by Crippen LogP contribution is 2.32. The number of amides is 1. The van der Waals surface area contributed by atoms with E-state index in [2.05, 4.69) is 27.1 Å². The highest BCUT2D eigenvalue weighted by Gasteiger charge is 2.33. The highest BCUT2D eigenvalue weighted by atomic mass is 79.9. The van der Waals surface area contributed by atoms with E-state index >= 15 is 0 Å². The lowest BCUT2D eigenvalue weighted by atomic mass is 10.1. The van der Waals surface area contributed by atoms with Gasteiger partial charge in [-0.1, -0.05) is 58.4 Å². The topological polar surface area (TPSA) is 41.9 Å². The van der Waals surface area contributed by atoms with Gasteiger partial charge < -0.3 is 4.74 Å². The SMILES string of the molecule is CC(=O)N1N=C(c2cccc(Br)c2)OC1c1ccc2ccccc2c1. The van der Waals surface area contributed by atoms with Gasteiger partial charge in [-0.15, -0.1) is 5.10 Å². The van der Waals surface area contributed by atoms with Crippen LogP contribution in [0.5, 0.6) is 0 Å². The molecule has 0 N–H and O–H groups in total. The molecule has 1 amide bonds. The van der Waals surface area contributed by atoms with E-state index < -0.39 is 6.23 Å². The normalized spacial score (nSPS) is 16.6. The average Bonchev–Trinajstić information content (AvgIpc) is 3.07. The second-order valence-electron chi connectivity index (χ2n) is 5.86. The minimum Gasteiger partial charge on any atom is -0.446 e. The second kappa shape index (κ2) is 6.33. The van der Waals surface area contributed by atoms with E-state index in [4.69, 9.17) is 4.74 Å². The lowest BCUT2D eigenvalue weighted by Crippen LogP contribution is -2.25. The Hall–Kier alpha value is -2.66. The molecule has 1 atom stereocenters. The van der Waals surface area contributed by atoms with Crippen LogP contribution in [0.1, 0.15) is 24.3 Å². The molecule has 4 nitrogen and oxygen atoms in total. The lowest BCUT2D eigenvalue weighted by Gasteiger charge is -2.19. The van der Waals surface area contributed by atoms with Gasteiger partial charge in [0, 0.05) is 22.5 Å². The molecule has 1 heterocycles. The minimum atomic E-state index is -0.559. The number of fused-ring (bicyclic) bond motifs is 1. The first-order valence-electron chi connectivity index (χ1n) is 7.91. The summed E-state index contributed by atoms with van der Waals surface area (Å²) in [6, 6.07) is 21.8. The first-order chi connectivity index (χ1) is 12.1. The van der Waals surface area contributed by atoms with Gasteiger partial charge in [0.25, 0.3) is 0 Å². The number of ether oxygens (including phenoxy) is 1. The summed E-state index contributed by atoms with van der Waals surface area (Å²) in [6.07, 6.45) is -0.559. The summed E-state index contributed by atoms with van der Waals surface area (Å²) < 4.78 is 6.98. The van der Waals surface area contributed by atoms with Crippen molar-refractivity contribution in [2.75, 3.05) is 0 Å². The third kappa shape index (κ3) is 3.03. The molecule has 1 aliphatic heterocycles. The zero-order chi connectivity index (χ0) is 17.4. The van der Waals surface area contributed by atoms with E-state index in [1.165, 1.54) is 11.9 Å². The Labute approximate surface area is 153 Å². The second-order valence-corrected chi connectivity index (χ2v) is 6.77. The molecule has 0 aliphatic carbocycles. The average molecular weight is 395 g/mol. The molecule has 3 aromatic carbocycles. The monoisotopic (exact) mass is 394 g/mol. The van der Waals surface area contributed by atoms with Crippen molar-refractivity contribution in [1.82, 2.24) is 5.01 Å². The first-order valence-corrected chi connectivity index (χ1v) is 8.71. The minimum absolute atomic E-state index is 0.164. The molecule has 0 radical (unpaired) electrons. The predicted octanol–water partition coefficient (Wildman–Crippen LogP) is 4.84. The Morgan fingerprint density at radius 1 is 1.04 bits per heavy atom. The fourth-order valence-electron chi connectivity index (χ4n) is 2.88. The predicted molar refractivity (Wildman–Crippen MR) is 101 cm³/mol. The van der Waals surface area contributed by atoms with Crippen LogP contribution in [0.3, 0.4) is 0 Å². The van der Waals surface area contributed by atoms with Crippen molar-refractivity contribution in [2.24, 2.45) is 5.10 Å². The fourth-order valence-corrected chi connectivity index (χ4v) is 3.28. The molecule has 4 rings (SSSR count). The molecule has 124 valence electrons. The van der Waals surface area contributed by atoms with E-state index in [9.17, 15) is 4.79 Å². The van der Waals surface area contributed by atoms with Crippen molar-refractivity contribution >= 4 is 38.5 Å². The zero-order valence-corrected chi connectivity index (χ0v) is 15.1. The van der Waals surface area contributed by atoms with Crippen molar-refractivity contribution in [1.29, 1.82) is 0 Å². The standard InChI is InChI=1S/C20H15BrN2O2/c1-13(24)23-20(17-10-9-14-5-2-3-6-15(14)11-17)25-19(22-23)16-7-4-8-18(21)12-16/h2-12,20H,1H3. The Morgan fingerprint density at radius 2 is 1.84 bits per heavy atom. The summed E-state index contributed by atoms with van der Waals surface area (Å²) in [5.41, 5.74) is 1.71. The summed E-state index contributed by atoms with van der Waals surface area (Å²) >= 11 is 3.45. The number of halogens is 1. The largest absolute Gasteiger partial charge is 0.446 e. The smallest absolute Gasteiger partial charge is 0.243 e. The van der Waals surface area contributed by atoms with E-state index in [1.807, 2.05) is 60.7 Å². The Balaban J connectivity index is 1.72. The third-order valence-corrected chi connectivity index (χ3v) is 4.59. The molecule has 0 saturated carbocycles. The van der Waals surface area contributed by atoms with Gasteiger partial charge in [-0.25, -0.2) is 0 Å². The molecule has 3 aromatic rings. The number of nitrogens with zero attached hydrogens (tertiary/aromatic N) is 2.